The van der Waals surface area contributed by atoms with Crippen molar-refractivity contribution in [2.45, 2.75) is 6.92 Å². The van der Waals surface area contributed by atoms with Gasteiger partial charge in [0.1, 0.15) is 7.85 Å². The number of rotatable bonds is 1. The van der Waals surface area contributed by atoms with Crippen LogP contribution in [0.15, 0.2) is 72.8 Å². The van der Waals surface area contributed by atoms with E-state index in [-0.39, 0.29) is 0 Å². The first-order valence-corrected chi connectivity index (χ1v) is 7.72. The molecule has 22 heavy (non-hydrogen) atoms. The highest BCUT2D eigenvalue weighted by molar-refractivity contribution is 6.33. The fourth-order valence-electron chi connectivity index (χ4n) is 3.20. The lowest BCUT2D eigenvalue weighted by Gasteiger charge is -2.12. The van der Waals surface area contributed by atoms with Gasteiger partial charge in [0.15, 0.2) is 0 Å². The summed E-state index contributed by atoms with van der Waals surface area (Å²) in [5.74, 6) is 0. The van der Waals surface area contributed by atoms with Crippen LogP contribution in [0.5, 0.6) is 0 Å². The Morgan fingerprint density at radius 2 is 1.36 bits per heavy atom. The zero-order valence-corrected chi connectivity index (χ0v) is 12.9. The number of hydrogen-bond acceptors (Lipinski definition) is 0. The first-order chi connectivity index (χ1) is 10.7. The Kier molecular flexibility index (Phi) is 3.01. The molecule has 4 rings (SSSR count). The van der Waals surface area contributed by atoms with Gasteiger partial charge in [-0.3, -0.25) is 0 Å². The summed E-state index contributed by atoms with van der Waals surface area (Å²) in [6.45, 7) is 2.16. The van der Waals surface area contributed by atoms with Gasteiger partial charge in [-0.1, -0.05) is 77.8 Å². The fourth-order valence-corrected chi connectivity index (χ4v) is 3.20. The summed E-state index contributed by atoms with van der Waals surface area (Å²) in [5.41, 5.74) is 5.30. The molecule has 4 aromatic rings. The third-order valence-corrected chi connectivity index (χ3v) is 4.59. The summed E-state index contributed by atoms with van der Waals surface area (Å²) in [4.78, 5) is 0. The van der Waals surface area contributed by atoms with Gasteiger partial charge in [0, 0.05) is 0 Å². The molecule has 0 N–H and O–H groups in total. The molecule has 0 bridgehead atoms. The first kappa shape index (κ1) is 13.2. The molecule has 0 amide bonds. The van der Waals surface area contributed by atoms with Gasteiger partial charge in [-0.25, -0.2) is 0 Å². The maximum Gasteiger partial charge on any atom is 0.139 e. The molecule has 1 heteroatoms. The molecule has 104 valence electrons. The smallest absolute Gasteiger partial charge is 0.0855 e. The van der Waals surface area contributed by atoms with Crippen LogP contribution in [0.4, 0.5) is 0 Å². The molecule has 0 saturated heterocycles. The molecule has 0 nitrogen and oxygen atoms in total. The molecule has 0 atom stereocenters. The monoisotopic (exact) mass is 280 g/mol. The Bertz CT molecular complexity index is 999. The van der Waals surface area contributed by atoms with Gasteiger partial charge < -0.3 is 0 Å². The highest BCUT2D eigenvalue weighted by atomic mass is 14.1. The van der Waals surface area contributed by atoms with E-state index in [1.165, 1.54) is 43.7 Å². The van der Waals surface area contributed by atoms with Crippen LogP contribution in [0.25, 0.3) is 32.7 Å². The van der Waals surface area contributed by atoms with Gasteiger partial charge in [-0.2, -0.15) is 0 Å². The summed E-state index contributed by atoms with van der Waals surface area (Å²) in [7, 11) is 2.18. The van der Waals surface area contributed by atoms with Crippen molar-refractivity contribution in [1.82, 2.24) is 0 Å². The molecule has 0 heterocycles. The van der Waals surface area contributed by atoms with E-state index in [1.54, 1.807) is 0 Å². The van der Waals surface area contributed by atoms with E-state index in [2.05, 4.69) is 87.6 Å². The maximum absolute atomic E-state index is 2.32. The van der Waals surface area contributed by atoms with Gasteiger partial charge in [0.2, 0.25) is 0 Å². The molecule has 0 aliphatic carbocycles. The molecule has 0 saturated carbocycles. The minimum atomic E-state index is 1.30. The molecule has 0 unspecified atom stereocenters. The van der Waals surface area contributed by atoms with Crippen molar-refractivity contribution in [1.29, 1.82) is 0 Å². The van der Waals surface area contributed by atoms with Crippen LogP contribution in [-0.4, -0.2) is 7.85 Å². The minimum Gasteiger partial charge on any atom is -0.0855 e. The Labute approximate surface area is 131 Å². The molecule has 0 spiro atoms. The molecule has 0 aromatic heterocycles. The molecular formula is C21H17B. The molecule has 0 aliphatic heterocycles. The highest BCUT2D eigenvalue weighted by Gasteiger charge is 2.08. The predicted molar refractivity (Wildman–Crippen MR) is 99.8 cm³/mol. The van der Waals surface area contributed by atoms with Crippen molar-refractivity contribution < 1.29 is 0 Å². The maximum atomic E-state index is 2.32. The summed E-state index contributed by atoms with van der Waals surface area (Å²) < 4.78 is 0. The second kappa shape index (κ2) is 5.03. The van der Waals surface area contributed by atoms with Crippen molar-refractivity contribution >= 4 is 34.9 Å². The Morgan fingerprint density at radius 3 is 2.14 bits per heavy atom. The van der Waals surface area contributed by atoms with Crippen molar-refractivity contribution in [3.05, 3.63) is 78.4 Å². The normalized spacial score (nSPS) is 11.1. The second-order valence-corrected chi connectivity index (χ2v) is 5.99. The van der Waals surface area contributed by atoms with Gasteiger partial charge in [0.05, 0.1) is 0 Å². The predicted octanol–water partition coefficient (Wildman–Crippen LogP) is 4.23. The van der Waals surface area contributed by atoms with Crippen LogP contribution >= 0.6 is 0 Å². The summed E-state index contributed by atoms with van der Waals surface area (Å²) in [5, 5.41) is 5.28. The SMILES string of the molecule is Bc1cc(-c2cc3ccccc3c3ccccc23)ccc1C. The summed E-state index contributed by atoms with van der Waals surface area (Å²) in [6.07, 6.45) is 0. The average molecular weight is 280 g/mol. The second-order valence-electron chi connectivity index (χ2n) is 5.99. The van der Waals surface area contributed by atoms with Crippen LogP contribution < -0.4 is 5.46 Å². The zero-order chi connectivity index (χ0) is 15.1. The molecule has 0 radical (unpaired) electrons. The van der Waals surface area contributed by atoms with Crippen LogP contribution in [0.3, 0.4) is 0 Å². The van der Waals surface area contributed by atoms with Crippen LogP contribution in [0, 0.1) is 6.92 Å². The third-order valence-electron chi connectivity index (χ3n) is 4.59. The van der Waals surface area contributed by atoms with Crippen molar-refractivity contribution in [3.63, 3.8) is 0 Å². The highest BCUT2D eigenvalue weighted by Crippen LogP contribution is 2.34. The average Bonchev–Trinajstić information content (AvgIpc) is 2.57. The van der Waals surface area contributed by atoms with E-state index < -0.39 is 0 Å². The minimum absolute atomic E-state index is 1.30. The van der Waals surface area contributed by atoms with Crippen molar-refractivity contribution in [2.75, 3.05) is 0 Å². The van der Waals surface area contributed by atoms with Crippen molar-refractivity contribution in [2.24, 2.45) is 0 Å². The number of hydrogen-bond donors (Lipinski definition) is 0. The Balaban J connectivity index is 2.13. The van der Waals surface area contributed by atoms with E-state index in [0.717, 1.165) is 0 Å². The van der Waals surface area contributed by atoms with Crippen LogP contribution in [0.1, 0.15) is 5.56 Å². The van der Waals surface area contributed by atoms with Gasteiger partial charge in [0.25, 0.3) is 0 Å². The fraction of sp³-hybridized carbons (Fsp3) is 0.0476. The quantitative estimate of drug-likeness (QED) is 0.361. The lowest BCUT2D eigenvalue weighted by Crippen LogP contribution is -2.06. The van der Waals surface area contributed by atoms with E-state index in [0.29, 0.717) is 0 Å². The third kappa shape index (κ3) is 2.02. The topological polar surface area (TPSA) is 0 Å². The first-order valence-electron chi connectivity index (χ1n) is 7.72. The van der Waals surface area contributed by atoms with Gasteiger partial charge in [-0.15, -0.1) is 0 Å². The standard InChI is InChI=1S/C21H17B/c1-14-10-11-16(13-21(14)22)20-12-15-6-2-3-7-17(15)18-8-4-5-9-19(18)20/h2-13H,22H2,1H3. The van der Waals surface area contributed by atoms with E-state index in [1.807, 2.05) is 0 Å². The number of benzene rings is 4. The van der Waals surface area contributed by atoms with Crippen LogP contribution in [0.2, 0.25) is 0 Å². The zero-order valence-electron chi connectivity index (χ0n) is 12.9. The lowest BCUT2D eigenvalue weighted by molar-refractivity contribution is 1.51. The molecule has 0 aliphatic rings. The summed E-state index contributed by atoms with van der Waals surface area (Å²) >= 11 is 0. The molecule has 0 fully saturated rings. The Morgan fingerprint density at radius 1 is 0.682 bits per heavy atom. The van der Waals surface area contributed by atoms with E-state index in [9.17, 15) is 0 Å². The van der Waals surface area contributed by atoms with Gasteiger partial charge in [-0.05, 0) is 45.7 Å². The van der Waals surface area contributed by atoms with E-state index >= 15 is 0 Å². The van der Waals surface area contributed by atoms with Crippen molar-refractivity contribution in [3.8, 4) is 11.1 Å². The number of fused-ring (bicyclic) bond motifs is 3. The van der Waals surface area contributed by atoms with Gasteiger partial charge >= 0.3 is 0 Å². The molecule has 4 aromatic carbocycles. The summed E-state index contributed by atoms with van der Waals surface area (Å²) in [6, 6.07) is 26.4. The van der Waals surface area contributed by atoms with Crippen LogP contribution in [-0.2, 0) is 0 Å². The van der Waals surface area contributed by atoms with E-state index in [4.69, 9.17) is 0 Å². The molecular weight excluding hydrogens is 263 g/mol. The number of aryl methyl sites for hydroxylation is 1. The Hall–Kier alpha value is -2.54. The largest absolute Gasteiger partial charge is 0.139 e. The lowest BCUT2D eigenvalue weighted by atomic mass is 9.86.